The van der Waals surface area contributed by atoms with E-state index < -0.39 is 5.60 Å². The van der Waals surface area contributed by atoms with Crippen molar-refractivity contribution >= 4 is 0 Å². The fourth-order valence-corrected chi connectivity index (χ4v) is 1.68. The Labute approximate surface area is 82.5 Å². The number of nitrogens with zero attached hydrogens (tertiary/aromatic N) is 5. The fraction of sp³-hybridized carbons (Fsp3) is 0.875. The van der Waals surface area contributed by atoms with Gasteiger partial charge in [0.15, 0.2) is 0 Å². The first-order valence-electron chi connectivity index (χ1n) is 4.75. The van der Waals surface area contributed by atoms with Gasteiger partial charge < -0.3 is 10.0 Å². The maximum absolute atomic E-state index is 10.3. The van der Waals surface area contributed by atoms with Gasteiger partial charge in [0, 0.05) is 13.1 Å². The van der Waals surface area contributed by atoms with Crippen LogP contribution in [0.25, 0.3) is 0 Å². The molecule has 0 saturated carbocycles. The average Bonchev–Trinajstić information content (AvgIpc) is 2.58. The number of piperidine rings is 1. The summed E-state index contributed by atoms with van der Waals surface area (Å²) in [7, 11) is 3.75. The van der Waals surface area contributed by atoms with Crippen molar-refractivity contribution in [2.75, 3.05) is 20.1 Å². The number of aryl methyl sites for hydroxylation is 1. The van der Waals surface area contributed by atoms with Crippen molar-refractivity contribution in [3.05, 3.63) is 5.82 Å². The Balaban J connectivity index is 2.16. The van der Waals surface area contributed by atoms with E-state index in [9.17, 15) is 5.11 Å². The van der Waals surface area contributed by atoms with E-state index in [-0.39, 0.29) is 0 Å². The summed E-state index contributed by atoms with van der Waals surface area (Å²) in [6.07, 6.45) is 1.35. The third-order valence-electron chi connectivity index (χ3n) is 2.74. The van der Waals surface area contributed by atoms with Crippen molar-refractivity contribution in [3.8, 4) is 0 Å². The van der Waals surface area contributed by atoms with Crippen LogP contribution in [0, 0.1) is 0 Å². The van der Waals surface area contributed by atoms with Crippen LogP contribution in [0.4, 0.5) is 0 Å². The summed E-state index contributed by atoms with van der Waals surface area (Å²) >= 11 is 0. The average molecular weight is 197 g/mol. The Morgan fingerprint density at radius 3 is 2.43 bits per heavy atom. The molecule has 1 N–H and O–H groups in total. The molecule has 6 heteroatoms. The molecule has 78 valence electrons. The number of likely N-dealkylation sites (tertiary alicyclic amines) is 1. The van der Waals surface area contributed by atoms with E-state index in [1.807, 2.05) is 7.05 Å². The summed E-state index contributed by atoms with van der Waals surface area (Å²) < 4.78 is 0. The molecule has 0 unspecified atom stereocenters. The lowest BCUT2D eigenvalue weighted by Crippen LogP contribution is -2.41. The minimum absolute atomic E-state index is 0.452. The number of rotatable bonds is 1. The van der Waals surface area contributed by atoms with Crippen LogP contribution in [0.3, 0.4) is 0 Å². The standard InChI is InChI=1S/C8H15N5O/c1-12-5-3-8(14,4-6-12)7-9-11-13(2)10-7/h14H,3-6H2,1-2H3. The number of hydrogen-bond acceptors (Lipinski definition) is 5. The molecule has 1 aliphatic rings. The summed E-state index contributed by atoms with van der Waals surface area (Å²) in [6, 6.07) is 0. The van der Waals surface area contributed by atoms with E-state index in [0.29, 0.717) is 18.7 Å². The maximum Gasteiger partial charge on any atom is 0.206 e. The lowest BCUT2D eigenvalue weighted by atomic mass is 9.91. The number of tetrazole rings is 1. The van der Waals surface area contributed by atoms with Crippen LogP contribution >= 0.6 is 0 Å². The maximum atomic E-state index is 10.3. The predicted octanol–water partition coefficient (Wildman–Crippen LogP) is -0.877. The second kappa shape index (κ2) is 3.29. The van der Waals surface area contributed by atoms with Gasteiger partial charge in [0.1, 0.15) is 5.60 Å². The molecule has 0 aromatic carbocycles. The van der Waals surface area contributed by atoms with Gasteiger partial charge in [-0.15, -0.1) is 10.2 Å². The Hall–Kier alpha value is -1.01. The third kappa shape index (κ3) is 1.62. The smallest absolute Gasteiger partial charge is 0.206 e. The SMILES string of the molecule is CN1CCC(O)(c2nnn(C)n2)CC1. The molecular weight excluding hydrogens is 182 g/mol. The summed E-state index contributed by atoms with van der Waals surface area (Å²) in [5, 5.41) is 21.9. The Morgan fingerprint density at radius 1 is 1.29 bits per heavy atom. The third-order valence-corrected chi connectivity index (χ3v) is 2.74. The summed E-state index contributed by atoms with van der Waals surface area (Å²) in [5.41, 5.74) is -0.874. The van der Waals surface area contributed by atoms with Crippen molar-refractivity contribution < 1.29 is 5.11 Å². The minimum atomic E-state index is -0.874. The van der Waals surface area contributed by atoms with E-state index in [4.69, 9.17) is 0 Å². The lowest BCUT2D eigenvalue weighted by molar-refractivity contribution is -0.0278. The van der Waals surface area contributed by atoms with Gasteiger partial charge in [0.05, 0.1) is 7.05 Å². The van der Waals surface area contributed by atoms with Gasteiger partial charge in [-0.2, -0.15) is 4.80 Å². The molecule has 2 rings (SSSR count). The Bertz CT molecular complexity index is 315. The predicted molar refractivity (Wildman–Crippen MR) is 49.4 cm³/mol. The molecule has 6 nitrogen and oxygen atoms in total. The normalized spacial score (nSPS) is 22.5. The van der Waals surface area contributed by atoms with E-state index in [0.717, 1.165) is 13.1 Å². The van der Waals surface area contributed by atoms with Crippen LogP contribution in [-0.2, 0) is 12.6 Å². The fourth-order valence-electron chi connectivity index (χ4n) is 1.68. The number of hydrogen-bond donors (Lipinski definition) is 1. The number of aliphatic hydroxyl groups is 1. The molecule has 1 aromatic heterocycles. The van der Waals surface area contributed by atoms with Crippen LogP contribution in [0.5, 0.6) is 0 Å². The van der Waals surface area contributed by atoms with Gasteiger partial charge in [-0.1, -0.05) is 0 Å². The molecular formula is C8H15N5O. The molecule has 0 bridgehead atoms. The van der Waals surface area contributed by atoms with Gasteiger partial charge in [0.2, 0.25) is 5.82 Å². The van der Waals surface area contributed by atoms with E-state index in [1.165, 1.54) is 4.80 Å². The zero-order valence-electron chi connectivity index (χ0n) is 8.51. The molecule has 0 amide bonds. The Kier molecular flexibility index (Phi) is 2.24. The number of aromatic nitrogens is 4. The lowest BCUT2D eigenvalue weighted by Gasteiger charge is -2.33. The molecule has 0 aliphatic carbocycles. The monoisotopic (exact) mass is 197 g/mol. The first-order chi connectivity index (χ1) is 6.60. The quantitative estimate of drug-likeness (QED) is 0.633. The molecule has 0 spiro atoms. The van der Waals surface area contributed by atoms with Crippen LogP contribution < -0.4 is 0 Å². The zero-order chi connectivity index (χ0) is 10.2. The van der Waals surface area contributed by atoms with E-state index >= 15 is 0 Å². The van der Waals surface area contributed by atoms with Crippen molar-refractivity contribution in [2.45, 2.75) is 18.4 Å². The van der Waals surface area contributed by atoms with Crippen molar-refractivity contribution in [1.29, 1.82) is 0 Å². The topological polar surface area (TPSA) is 67.1 Å². The highest BCUT2D eigenvalue weighted by atomic mass is 16.3. The molecule has 14 heavy (non-hydrogen) atoms. The second-order valence-corrected chi connectivity index (χ2v) is 3.94. The molecule has 1 saturated heterocycles. The highest BCUT2D eigenvalue weighted by Gasteiger charge is 2.36. The highest BCUT2D eigenvalue weighted by molar-refractivity contribution is 5.00. The first kappa shape index (κ1) is 9.54. The molecule has 1 fully saturated rings. The summed E-state index contributed by atoms with van der Waals surface area (Å²) in [5.74, 6) is 0.452. The van der Waals surface area contributed by atoms with Crippen molar-refractivity contribution in [1.82, 2.24) is 25.1 Å². The largest absolute Gasteiger partial charge is 0.382 e. The molecule has 0 radical (unpaired) electrons. The molecule has 2 heterocycles. The first-order valence-corrected chi connectivity index (χ1v) is 4.75. The molecule has 0 atom stereocenters. The van der Waals surface area contributed by atoms with Gasteiger partial charge >= 0.3 is 0 Å². The highest BCUT2D eigenvalue weighted by Crippen LogP contribution is 2.29. The van der Waals surface area contributed by atoms with Crippen molar-refractivity contribution in [2.24, 2.45) is 7.05 Å². The van der Waals surface area contributed by atoms with Gasteiger partial charge in [-0.3, -0.25) is 0 Å². The Morgan fingerprint density at radius 2 is 1.93 bits per heavy atom. The molecule has 1 aliphatic heterocycles. The van der Waals surface area contributed by atoms with Gasteiger partial charge in [0.25, 0.3) is 0 Å². The summed E-state index contributed by atoms with van der Waals surface area (Å²) in [6.45, 7) is 1.74. The minimum Gasteiger partial charge on any atom is -0.382 e. The molecule has 1 aromatic rings. The second-order valence-electron chi connectivity index (χ2n) is 3.94. The van der Waals surface area contributed by atoms with Crippen LogP contribution in [-0.4, -0.2) is 50.4 Å². The summed E-state index contributed by atoms with van der Waals surface area (Å²) in [4.78, 5) is 3.57. The van der Waals surface area contributed by atoms with Crippen LogP contribution in [0.1, 0.15) is 18.7 Å². The van der Waals surface area contributed by atoms with Crippen LogP contribution in [0.15, 0.2) is 0 Å². The zero-order valence-corrected chi connectivity index (χ0v) is 8.51. The van der Waals surface area contributed by atoms with Crippen molar-refractivity contribution in [3.63, 3.8) is 0 Å². The van der Waals surface area contributed by atoms with E-state index in [1.54, 1.807) is 7.05 Å². The van der Waals surface area contributed by atoms with Gasteiger partial charge in [-0.05, 0) is 25.1 Å². The van der Waals surface area contributed by atoms with Gasteiger partial charge in [-0.25, -0.2) is 0 Å². The van der Waals surface area contributed by atoms with Crippen LogP contribution in [0.2, 0.25) is 0 Å². The van der Waals surface area contributed by atoms with E-state index in [2.05, 4.69) is 20.3 Å².